The quantitative estimate of drug-likeness (QED) is 0.462. The maximum atomic E-state index is 5.62. The zero-order valence-corrected chi connectivity index (χ0v) is 19.7. The van der Waals surface area contributed by atoms with Gasteiger partial charge in [0, 0.05) is 67.8 Å². The maximum Gasteiger partial charge on any atom is 0.162 e. The molecule has 0 radical (unpaired) electrons. The zero-order valence-electron chi connectivity index (χ0n) is 18.9. The number of pyridine rings is 1. The molecule has 0 atom stereocenters. The van der Waals surface area contributed by atoms with Gasteiger partial charge < -0.3 is 14.5 Å². The molecule has 33 heavy (non-hydrogen) atoms. The standard InChI is InChI=1S/C25H28N6OS/c1-29-8-10-30(11-9-29)17-18-16-22-23(33-18)25(31-12-14-32-15-13-31)28-24(27-22)20-4-2-6-21-19(20)5-3-7-26-21/h2-7,16H,8-15,17H2,1H3. The third-order valence-electron chi connectivity index (χ3n) is 6.58. The van der Waals surface area contributed by atoms with E-state index in [1.165, 1.54) is 9.58 Å². The molecule has 0 saturated carbocycles. The number of likely N-dealkylation sites (N-methyl/N-ethyl adjacent to an activating group) is 1. The van der Waals surface area contributed by atoms with Gasteiger partial charge in [0.25, 0.3) is 0 Å². The fraction of sp³-hybridized carbons (Fsp3) is 0.400. The highest BCUT2D eigenvalue weighted by Gasteiger charge is 2.22. The second-order valence-corrected chi connectivity index (χ2v) is 9.99. The summed E-state index contributed by atoms with van der Waals surface area (Å²) in [5, 5.41) is 1.08. The van der Waals surface area contributed by atoms with Crippen molar-refractivity contribution in [3.8, 4) is 11.4 Å². The van der Waals surface area contributed by atoms with E-state index in [1.54, 1.807) is 0 Å². The fourth-order valence-corrected chi connectivity index (χ4v) is 5.83. The van der Waals surface area contributed by atoms with Crippen LogP contribution in [-0.2, 0) is 11.3 Å². The summed E-state index contributed by atoms with van der Waals surface area (Å²) in [6.07, 6.45) is 1.83. The first-order valence-electron chi connectivity index (χ1n) is 11.6. The van der Waals surface area contributed by atoms with Gasteiger partial charge in [0.05, 0.1) is 28.9 Å². The Balaban J connectivity index is 1.44. The number of hydrogen-bond donors (Lipinski definition) is 0. The van der Waals surface area contributed by atoms with E-state index < -0.39 is 0 Å². The van der Waals surface area contributed by atoms with Crippen molar-refractivity contribution in [2.45, 2.75) is 6.54 Å². The predicted molar refractivity (Wildman–Crippen MR) is 134 cm³/mol. The van der Waals surface area contributed by atoms with E-state index in [1.807, 2.05) is 35.7 Å². The molecular formula is C25H28N6OS. The third-order valence-corrected chi connectivity index (χ3v) is 7.68. The highest BCUT2D eigenvalue weighted by molar-refractivity contribution is 7.19. The third kappa shape index (κ3) is 4.19. The summed E-state index contributed by atoms with van der Waals surface area (Å²) in [4.78, 5) is 23.4. The van der Waals surface area contributed by atoms with Crippen LogP contribution in [0.5, 0.6) is 0 Å². The number of ether oxygens (including phenoxy) is 1. The van der Waals surface area contributed by atoms with Crippen LogP contribution < -0.4 is 4.90 Å². The van der Waals surface area contributed by atoms with Crippen molar-refractivity contribution in [1.29, 1.82) is 0 Å². The number of hydrogen-bond acceptors (Lipinski definition) is 8. The topological polar surface area (TPSA) is 57.6 Å². The van der Waals surface area contributed by atoms with Gasteiger partial charge in [-0.25, -0.2) is 9.97 Å². The molecule has 0 N–H and O–H groups in total. The lowest BCUT2D eigenvalue weighted by atomic mass is 10.1. The Morgan fingerprint density at radius 3 is 2.64 bits per heavy atom. The summed E-state index contributed by atoms with van der Waals surface area (Å²) in [7, 11) is 2.20. The van der Waals surface area contributed by atoms with Crippen LogP contribution in [0, 0.1) is 0 Å². The molecule has 3 aromatic heterocycles. The maximum absolute atomic E-state index is 5.62. The SMILES string of the molecule is CN1CCN(Cc2cc3nc(-c4cccc5ncccc45)nc(N4CCOCC4)c3s2)CC1. The Labute approximate surface area is 197 Å². The fourth-order valence-electron chi connectivity index (χ4n) is 4.68. The van der Waals surface area contributed by atoms with E-state index in [0.717, 1.165) is 92.7 Å². The van der Waals surface area contributed by atoms with E-state index in [4.69, 9.17) is 14.7 Å². The molecule has 0 bridgehead atoms. The average Bonchev–Trinajstić information content (AvgIpc) is 3.27. The molecule has 2 saturated heterocycles. The Morgan fingerprint density at radius 1 is 0.939 bits per heavy atom. The number of piperazine rings is 1. The molecule has 8 heteroatoms. The molecule has 0 unspecified atom stereocenters. The van der Waals surface area contributed by atoms with E-state index >= 15 is 0 Å². The normalized spacial score (nSPS) is 18.4. The molecule has 0 amide bonds. The van der Waals surface area contributed by atoms with Crippen molar-refractivity contribution in [2.75, 3.05) is 64.4 Å². The van der Waals surface area contributed by atoms with Crippen LogP contribution >= 0.6 is 11.3 Å². The molecule has 0 spiro atoms. The smallest absolute Gasteiger partial charge is 0.162 e. The highest BCUT2D eigenvalue weighted by atomic mass is 32.1. The van der Waals surface area contributed by atoms with Crippen molar-refractivity contribution in [2.24, 2.45) is 0 Å². The summed E-state index contributed by atoms with van der Waals surface area (Å²) in [5.41, 5.74) is 3.04. The number of aromatic nitrogens is 3. The molecular weight excluding hydrogens is 432 g/mol. The molecule has 170 valence electrons. The number of benzene rings is 1. The van der Waals surface area contributed by atoms with Gasteiger partial charge in [0.15, 0.2) is 11.6 Å². The van der Waals surface area contributed by atoms with Crippen LogP contribution in [0.4, 0.5) is 5.82 Å². The predicted octanol–water partition coefficient (Wildman–Crippen LogP) is 3.49. The van der Waals surface area contributed by atoms with Crippen molar-refractivity contribution >= 4 is 38.3 Å². The second kappa shape index (κ2) is 8.95. The molecule has 7 nitrogen and oxygen atoms in total. The van der Waals surface area contributed by atoms with Crippen molar-refractivity contribution in [3.05, 3.63) is 47.5 Å². The summed E-state index contributed by atoms with van der Waals surface area (Å²) in [5.74, 6) is 1.81. The molecule has 6 rings (SSSR count). The Morgan fingerprint density at radius 2 is 1.79 bits per heavy atom. The van der Waals surface area contributed by atoms with Gasteiger partial charge in [-0.2, -0.15) is 0 Å². The van der Waals surface area contributed by atoms with Gasteiger partial charge in [0.1, 0.15) is 0 Å². The van der Waals surface area contributed by atoms with Crippen molar-refractivity contribution in [1.82, 2.24) is 24.8 Å². The Kier molecular flexibility index (Phi) is 5.67. The van der Waals surface area contributed by atoms with Crippen LogP contribution in [0.3, 0.4) is 0 Å². The van der Waals surface area contributed by atoms with Crippen LogP contribution in [0.25, 0.3) is 32.5 Å². The lowest BCUT2D eigenvalue weighted by molar-refractivity contribution is 0.122. The van der Waals surface area contributed by atoms with E-state index in [9.17, 15) is 0 Å². The van der Waals surface area contributed by atoms with Gasteiger partial charge in [-0.3, -0.25) is 9.88 Å². The first-order valence-corrected chi connectivity index (χ1v) is 12.4. The first kappa shape index (κ1) is 20.9. The summed E-state index contributed by atoms with van der Waals surface area (Å²) in [6, 6.07) is 12.5. The van der Waals surface area contributed by atoms with Gasteiger partial charge in [-0.1, -0.05) is 18.2 Å². The minimum absolute atomic E-state index is 0.735. The summed E-state index contributed by atoms with van der Waals surface area (Å²) < 4.78 is 6.80. The van der Waals surface area contributed by atoms with E-state index in [-0.39, 0.29) is 0 Å². The lowest BCUT2D eigenvalue weighted by Gasteiger charge is -2.31. The molecule has 4 aromatic rings. The molecule has 2 aliphatic rings. The van der Waals surface area contributed by atoms with Crippen LogP contribution in [0.1, 0.15) is 4.88 Å². The molecule has 0 aliphatic carbocycles. The number of morpholine rings is 1. The molecule has 5 heterocycles. The highest BCUT2D eigenvalue weighted by Crippen LogP contribution is 2.36. The van der Waals surface area contributed by atoms with E-state index in [0.29, 0.717) is 0 Å². The van der Waals surface area contributed by atoms with Crippen LogP contribution in [0.2, 0.25) is 0 Å². The molecule has 1 aromatic carbocycles. The van der Waals surface area contributed by atoms with Gasteiger partial charge in [-0.05, 0) is 25.2 Å². The zero-order chi connectivity index (χ0) is 22.2. The minimum atomic E-state index is 0.735. The number of fused-ring (bicyclic) bond motifs is 2. The average molecular weight is 461 g/mol. The second-order valence-electron chi connectivity index (χ2n) is 8.85. The first-order chi connectivity index (χ1) is 16.2. The van der Waals surface area contributed by atoms with Crippen molar-refractivity contribution in [3.63, 3.8) is 0 Å². The molecule has 2 fully saturated rings. The van der Waals surface area contributed by atoms with E-state index in [2.05, 4.69) is 44.9 Å². The van der Waals surface area contributed by atoms with Crippen LogP contribution in [-0.4, -0.2) is 84.3 Å². The largest absolute Gasteiger partial charge is 0.378 e. The van der Waals surface area contributed by atoms with Gasteiger partial charge in [0.2, 0.25) is 0 Å². The lowest BCUT2D eigenvalue weighted by Crippen LogP contribution is -2.43. The van der Waals surface area contributed by atoms with Gasteiger partial charge >= 0.3 is 0 Å². The monoisotopic (exact) mass is 460 g/mol. The Hall–Kier alpha value is -2.65. The summed E-state index contributed by atoms with van der Waals surface area (Å²) in [6.45, 7) is 8.64. The van der Waals surface area contributed by atoms with Gasteiger partial charge in [-0.15, -0.1) is 11.3 Å². The molecule has 2 aliphatic heterocycles. The Bertz CT molecular complexity index is 1270. The number of anilines is 1. The number of thiophene rings is 1. The summed E-state index contributed by atoms with van der Waals surface area (Å²) >= 11 is 1.84. The van der Waals surface area contributed by atoms with Crippen LogP contribution in [0.15, 0.2) is 42.6 Å². The minimum Gasteiger partial charge on any atom is -0.378 e. The number of nitrogens with zero attached hydrogens (tertiary/aromatic N) is 6. The van der Waals surface area contributed by atoms with Crippen molar-refractivity contribution < 1.29 is 4.74 Å². The number of rotatable bonds is 4.